The van der Waals surface area contributed by atoms with Gasteiger partial charge in [-0.2, -0.15) is 0 Å². The molecule has 0 aliphatic carbocycles. The molecular formula is C76H84ClN5O5. The molecule has 11 heteroatoms. The van der Waals surface area contributed by atoms with Gasteiger partial charge in [-0.05, 0) is 204 Å². The van der Waals surface area contributed by atoms with E-state index >= 15 is 0 Å². The number of nitrogens with zero attached hydrogens (tertiary/aromatic N) is 5. The van der Waals surface area contributed by atoms with Gasteiger partial charge in [0.25, 0.3) is 0 Å². The largest absolute Gasteiger partial charge is 0.508 e. The number of benzene rings is 9. The van der Waals surface area contributed by atoms with Gasteiger partial charge in [0.1, 0.15) is 48.6 Å². The third-order valence-corrected chi connectivity index (χ3v) is 18.2. The van der Waals surface area contributed by atoms with Gasteiger partial charge in [-0.25, -0.2) is 0 Å². The second-order valence-electron chi connectivity index (χ2n) is 24.3. The first-order valence-corrected chi connectivity index (χ1v) is 32.4. The summed E-state index contributed by atoms with van der Waals surface area (Å²) >= 11 is 5.74. The molecule has 0 saturated carbocycles. The van der Waals surface area contributed by atoms with Gasteiger partial charge in [-0.3, -0.25) is 14.7 Å². The molecule has 11 aromatic rings. The molecule has 0 radical (unpaired) electrons. The van der Waals surface area contributed by atoms with Gasteiger partial charge in [0.15, 0.2) is 0 Å². The van der Waals surface area contributed by atoms with Crippen molar-refractivity contribution in [2.75, 3.05) is 78.7 Å². The number of ether oxygens (including phenoxy) is 3. The standard InChI is InChI=1S/C32H34N2O.C30H30N2O3.C14H20ClNO/c1-23-6-13-28-26(20-23)10-14-29-30-21-24(2)7-15-31(30)34(32(28)29)22-25-8-11-27(12-9-25)35-19-18-33-16-4-3-5-17-33;33-23-7-12-26-22(18-23)6-11-27-28-19-24(34)8-13-29(28)32(30(26)27)20-21-4-9-25(10-5-21)35-17-16-31-14-2-1-3-15-31;15-12-13-4-6-14(7-5-13)17-11-10-16-8-2-1-3-9-16/h6-15,20-21H,3-5,16-19,22H2,1-2H3;4-13,18-19,33-34H,1-3,14-17,20H2;4-7H,1-3,8-12H2. The molecule has 3 saturated heterocycles. The maximum absolute atomic E-state index is 10.2. The molecular weight excluding hydrogens is 1100 g/mol. The Morgan fingerprint density at radius 1 is 0.356 bits per heavy atom. The number of hydrogen-bond acceptors (Lipinski definition) is 8. The maximum atomic E-state index is 10.2. The normalized spacial score (nSPS) is 15.2. The third kappa shape index (κ3) is 14.7. The summed E-state index contributed by atoms with van der Waals surface area (Å²) in [6.07, 6.45) is 12.0. The molecule has 14 rings (SSSR count). The number of hydrogen-bond donors (Lipinski definition) is 2. The number of fused-ring (bicyclic) bond motifs is 10. The van der Waals surface area contributed by atoms with Crippen LogP contribution in [0, 0.1) is 13.8 Å². The Balaban J connectivity index is 0.000000135. The van der Waals surface area contributed by atoms with E-state index in [9.17, 15) is 10.2 Å². The Morgan fingerprint density at radius 2 is 0.724 bits per heavy atom. The number of piperidine rings is 3. The number of alkyl halides is 1. The van der Waals surface area contributed by atoms with Crippen LogP contribution in [0.4, 0.5) is 0 Å². The zero-order valence-corrected chi connectivity index (χ0v) is 51.6. The van der Waals surface area contributed by atoms with Crippen molar-refractivity contribution >= 4 is 76.8 Å². The zero-order valence-electron chi connectivity index (χ0n) is 50.9. The molecule has 10 nitrogen and oxygen atoms in total. The SMILES string of the molecule is Cc1ccc2c(ccc3c4cc(C)ccc4n(Cc4ccc(OCCN5CCCCC5)cc4)c23)c1.ClCc1ccc(OCCN2CCCCC2)cc1.Oc1ccc2c(ccc3c4cc(O)ccc4n(Cc4ccc(OCCN5CCCCC5)cc4)c23)c1. The minimum Gasteiger partial charge on any atom is -0.508 e. The Bertz CT molecular complexity index is 3830. The maximum Gasteiger partial charge on any atom is 0.119 e. The lowest BCUT2D eigenvalue weighted by atomic mass is 10.0. The van der Waals surface area contributed by atoms with E-state index in [4.69, 9.17) is 25.8 Å². The highest BCUT2D eigenvalue weighted by Crippen LogP contribution is 2.39. The summed E-state index contributed by atoms with van der Waals surface area (Å²) in [5.74, 6) is 3.88. The topological polar surface area (TPSA) is 87.7 Å². The van der Waals surface area contributed by atoms with Crippen molar-refractivity contribution in [1.82, 2.24) is 23.8 Å². The molecule has 0 unspecified atom stereocenters. The number of phenols is 2. The molecule has 2 aromatic heterocycles. The molecule has 87 heavy (non-hydrogen) atoms. The number of aryl methyl sites for hydroxylation is 2. The van der Waals surface area contributed by atoms with Crippen molar-refractivity contribution in [3.8, 4) is 28.7 Å². The number of rotatable bonds is 17. The van der Waals surface area contributed by atoms with Crippen LogP contribution >= 0.6 is 11.6 Å². The zero-order chi connectivity index (χ0) is 59.5. The van der Waals surface area contributed by atoms with Crippen LogP contribution in [0.5, 0.6) is 28.7 Å². The highest BCUT2D eigenvalue weighted by molar-refractivity contribution is 6.19. The van der Waals surface area contributed by atoms with E-state index in [2.05, 4.69) is 141 Å². The van der Waals surface area contributed by atoms with Crippen LogP contribution in [-0.2, 0) is 19.0 Å². The summed E-state index contributed by atoms with van der Waals surface area (Å²) in [4.78, 5) is 7.49. The average Bonchev–Trinajstić information content (AvgIpc) is 1.80. The minimum atomic E-state index is 0.257. The molecule has 3 aliphatic heterocycles. The summed E-state index contributed by atoms with van der Waals surface area (Å²) < 4.78 is 22.6. The quantitative estimate of drug-likeness (QED) is 0.0872. The highest BCUT2D eigenvalue weighted by atomic mass is 35.5. The molecule has 450 valence electrons. The number of halogens is 1. The van der Waals surface area contributed by atoms with Crippen LogP contribution in [0.25, 0.3) is 65.2 Å². The fourth-order valence-corrected chi connectivity index (χ4v) is 13.4. The van der Waals surface area contributed by atoms with Crippen molar-refractivity contribution in [2.45, 2.75) is 90.6 Å². The molecule has 0 amide bonds. The van der Waals surface area contributed by atoms with Crippen LogP contribution in [-0.4, -0.2) is 113 Å². The summed E-state index contributed by atoms with van der Waals surface area (Å²) in [6, 6.07) is 58.5. The molecule has 0 spiro atoms. The molecule has 5 heterocycles. The van der Waals surface area contributed by atoms with Crippen LogP contribution in [0.1, 0.15) is 85.6 Å². The van der Waals surface area contributed by atoms with Gasteiger partial charge in [0.05, 0.1) is 11.0 Å². The van der Waals surface area contributed by atoms with Crippen molar-refractivity contribution < 1.29 is 24.4 Å². The average molecular weight is 1180 g/mol. The van der Waals surface area contributed by atoms with Gasteiger partial charge in [-0.1, -0.05) is 115 Å². The monoisotopic (exact) mass is 1180 g/mol. The molecule has 3 fully saturated rings. The number of aromatic nitrogens is 2. The smallest absolute Gasteiger partial charge is 0.119 e. The minimum absolute atomic E-state index is 0.257. The summed E-state index contributed by atoms with van der Waals surface area (Å²) in [5.41, 5.74) is 11.0. The lowest BCUT2D eigenvalue weighted by molar-refractivity contribution is 0.183. The first kappa shape index (κ1) is 59.6. The van der Waals surface area contributed by atoms with E-state index < -0.39 is 0 Å². The molecule has 2 N–H and O–H groups in total. The van der Waals surface area contributed by atoms with Crippen LogP contribution in [0.3, 0.4) is 0 Å². The van der Waals surface area contributed by atoms with E-state index in [1.807, 2.05) is 48.5 Å². The van der Waals surface area contributed by atoms with Crippen LogP contribution in [0.2, 0.25) is 0 Å². The first-order chi connectivity index (χ1) is 42.7. The van der Waals surface area contributed by atoms with Crippen molar-refractivity contribution in [3.63, 3.8) is 0 Å². The summed E-state index contributed by atoms with van der Waals surface area (Å²) in [5, 5.41) is 29.6. The second kappa shape index (κ2) is 28.4. The van der Waals surface area contributed by atoms with E-state index in [0.717, 1.165) is 94.8 Å². The highest BCUT2D eigenvalue weighted by Gasteiger charge is 2.18. The third-order valence-electron chi connectivity index (χ3n) is 17.9. The van der Waals surface area contributed by atoms with Gasteiger partial charge in [0, 0.05) is 82.0 Å². The number of aromatic hydroxyl groups is 2. The second-order valence-corrected chi connectivity index (χ2v) is 24.5. The Morgan fingerprint density at radius 3 is 1.20 bits per heavy atom. The number of likely N-dealkylation sites (tertiary alicyclic amines) is 3. The Labute approximate surface area is 518 Å². The predicted octanol–water partition coefficient (Wildman–Crippen LogP) is 17.0. The lowest BCUT2D eigenvalue weighted by Crippen LogP contribution is -2.33. The predicted molar refractivity (Wildman–Crippen MR) is 361 cm³/mol. The van der Waals surface area contributed by atoms with E-state index in [1.54, 1.807) is 18.2 Å². The number of phenolic OH excluding ortho intramolecular Hbond substituents is 2. The van der Waals surface area contributed by atoms with Crippen LogP contribution < -0.4 is 14.2 Å². The molecule has 0 bridgehead atoms. The Hall–Kier alpha value is -7.73. The summed E-state index contributed by atoms with van der Waals surface area (Å²) in [7, 11) is 0. The van der Waals surface area contributed by atoms with Gasteiger partial charge in [-0.15, -0.1) is 11.6 Å². The fourth-order valence-electron chi connectivity index (χ4n) is 13.2. The lowest BCUT2D eigenvalue weighted by Gasteiger charge is -2.26. The van der Waals surface area contributed by atoms with Crippen molar-refractivity contribution in [1.29, 1.82) is 0 Å². The Kier molecular flexibility index (Phi) is 19.5. The summed E-state index contributed by atoms with van der Waals surface area (Å²) in [6.45, 7) is 18.4. The molecule has 3 aliphatic rings. The van der Waals surface area contributed by atoms with Gasteiger partial charge in [0.2, 0.25) is 0 Å². The first-order valence-electron chi connectivity index (χ1n) is 31.9. The van der Waals surface area contributed by atoms with Crippen molar-refractivity contribution in [2.24, 2.45) is 0 Å². The van der Waals surface area contributed by atoms with Gasteiger partial charge < -0.3 is 33.6 Å². The van der Waals surface area contributed by atoms with E-state index in [0.29, 0.717) is 19.0 Å². The molecule has 0 atom stereocenters. The fraction of sp³-hybridized carbons (Fsp3) is 0.342. The van der Waals surface area contributed by atoms with E-state index in [1.165, 1.54) is 152 Å². The van der Waals surface area contributed by atoms with Gasteiger partial charge >= 0.3 is 0 Å². The van der Waals surface area contributed by atoms with E-state index in [-0.39, 0.29) is 11.5 Å². The molecule has 9 aromatic carbocycles. The van der Waals surface area contributed by atoms with Crippen molar-refractivity contribution in [3.05, 3.63) is 198 Å². The van der Waals surface area contributed by atoms with Crippen LogP contribution in [0.15, 0.2) is 170 Å².